The van der Waals surface area contributed by atoms with Crippen LogP contribution in [0.3, 0.4) is 0 Å². The minimum absolute atomic E-state index is 0.198. The number of hydrogen-bond donors (Lipinski definition) is 0. The van der Waals surface area contributed by atoms with E-state index < -0.39 is 0 Å². The van der Waals surface area contributed by atoms with Crippen LogP contribution in [0.2, 0.25) is 0 Å². The molecular formula is C13H17IN2O2. The van der Waals surface area contributed by atoms with Gasteiger partial charge in [-0.1, -0.05) is 13.3 Å². The van der Waals surface area contributed by atoms with Gasteiger partial charge in [0.05, 0.1) is 8.49 Å². The van der Waals surface area contributed by atoms with Crippen LogP contribution in [0.25, 0.3) is 0 Å². The maximum Gasteiger partial charge on any atom is 0.282 e. The summed E-state index contributed by atoms with van der Waals surface area (Å²) in [6.45, 7) is 4.36. The lowest BCUT2D eigenvalue weighted by Gasteiger charge is -2.34. The molecule has 0 spiro atoms. The van der Waals surface area contributed by atoms with E-state index in [1.165, 1.54) is 19.3 Å². The summed E-state index contributed by atoms with van der Waals surface area (Å²) in [4.78, 5) is 12.8. The number of rotatable bonds is 3. The first-order chi connectivity index (χ1) is 8.61. The lowest BCUT2D eigenvalue weighted by atomic mass is 9.95. The second-order valence-electron chi connectivity index (χ2n) is 4.76. The summed E-state index contributed by atoms with van der Waals surface area (Å²) in [5, 5.41) is 10.8. The molecule has 0 aliphatic carbocycles. The highest BCUT2D eigenvalue weighted by Gasteiger charge is 2.20. The van der Waals surface area contributed by atoms with Crippen LogP contribution in [-0.4, -0.2) is 18.0 Å². The van der Waals surface area contributed by atoms with Crippen LogP contribution in [-0.2, 0) is 0 Å². The quantitative estimate of drug-likeness (QED) is 0.468. The third-order valence-electron chi connectivity index (χ3n) is 3.59. The van der Waals surface area contributed by atoms with E-state index >= 15 is 0 Å². The molecule has 1 aromatic rings. The number of piperidine rings is 1. The van der Waals surface area contributed by atoms with Crippen molar-refractivity contribution < 1.29 is 4.92 Å². The molecule has 0 N–H and O–H groups in total. The third-order valence-corrected chi connectivity index (χ3v) is 4.45. The molecule has 1 saturated heterocycles. The standard InChI is InChI=1S/C13H17IN2O2/c1-2-10-4-3-7-15(9-10)11-5-6-13(16(17)18)12(14)8-11/h5-6,8,10H,2-4,7,9H2,1H3. The molecule has 0 radical (unpaired) electrons. The molecule has 1 heterocycles. The highest BCUT2D eigenvalue weighted by Crippen LogP contribution is 2.29. The summed E-state index contributed by atoms with van der Waals surface area (Å²) in [5.41, 5.74) is 1.31. The monoisotopic (exact) mass is 360 g/mol. The SMILES string of the molecule is CCC1CCCN(c2ccc([N+](=O)[O-])c(I)c2)C1. The Balaban J connectivity index is 2.18. The predicted octanol–water partition coefficient (Wildman–Crippen LogP) is 3.83. The zero-order chi connectivity index (χ0) is 13.1. The van der Waals surface area contributed by atoms with Gasteiger partial charge in [0.2, 0.25) is 0 Å². The minimum Gasteiger partial charge on any atom is -0.371 e. The molecule has 0 amide bonds. The molecule has 1 aromatic carbocycles. The van der Waals surface area contributed by atoms with Crippen LogP contribution >= 0.6 is 22.6 Å². The van der Waals surface area contributed by atoms with Gasteiger partial charge in [-0.15, -0.1) is 0 Å². The number of nitro groups is 1. The van der Waals surface area contributed by atoms with E-state index in [1.807, 2.05) is 34.7 Å². The lowest BCUT2D eigenvalue weighted by Crippen LogP contribution is -2.35. The number of nitrogens with zero attached hydrogens (tertiary/aromatic N) is 2. The third kappa shape index (κ3) is 2.93. The Hall–Kier alpha value is -0.850. The molecule has 4 nitrogen and oxygen atoms in total. The van der Waals surface area contributed by atoms with E-state index in [0.29, 0.717) is 3.57 Å². The van der Waals surface area contributed by atoms with Gasteiger partial charge in [-0.3, -0.25) is 10.1 Å². The van der Waals surface area contributed by atoms with Gasteiger partial charge in [0.15, 0.2) is 0 Å². The molecule has 0 saturated carbocycles. The van der Waals surface area contributed by atoms with Gasteiger partial charge >= 0.3 is 0 Å². The van der Waals surface area contributed by atoms with Crippen LogP contribution in [0.1, 0.15) is 26.2 Å². The highest BCUT2D eigenvalue weighted by atomic mass is 127. The predicted molar refractivity (Wildman–Crippen MR) is 81.0 cm³/mol. The average Bonchev–Trinajstić information content (AvgIpc) is 2.38. The molecule has 1 atom stereocenters. The smallest absolute Gasteiger partial charge is 0.282 e. The van der Waals surface area contributed by atoms with Gasteiger partial charge < -0.3 is 4.90 Å². The Bertz CT molecular complexity index is 451. The number of benzene rings is 1. The Morgan fingerprint density at radius 1 is 1.56 bits per heavy atom. The molecule has 1 fully saturated rings. The number of anilines is 1. The van der Waals surface area contributed by atoms with E-state index in [2.05, 4.69) is 11.8 Å². The van der Waals surface area contributed by atoms with Crippen molar-refractivity contribution in [2.24, 2.45) is 5.92 Å². The molecule has 5 heteroatoms. The first-order valence-corrected chi connectivity index (χ1v) is 7.38. The van der Waals surface area contributed by atoms with E-state index in [4.69, 9.17) is 0 Å². The summed E-state index contributed by atoms with van der Waals surface area (Å²) in [5.74, 6) is 0.756. The summed E-state index contributed by atoms with van der Waals surface area (Å²) >= 11 is 2.04. The van der Waals surface area contributed by atoms with E-state index in [0.717, 1.165) is 24.7 Å². The average molecular weight is 360 g/mol. The topological polar surface area (TPSA) is 46.4 Å². The number of hydrogen-bond acceptors (Lipinski definition) is 3. The van der Waals surface area contributed by atoms with Gasteiger partial charge in [0, 0.05) is 24.8 Å². The fourth-order valence-corrected chi connectivity index (χ4v) is 3.17. The zero-order valence-corrected chi connectivity index (χ0v) is 12.6. The van der Waals surface area contributed by atoms with Gasteiger partial charge in [0.25, 0.3) is 5.69 Å². The van der Waals surface area contributed by atoms with E-state index in [9.17, 15) is 10.1 Å². The zero-order valence-electron chi connectivity index (χ0n) is 10.4. The van der Waals surface area contributed by atoms with Crippen molar-refractivity contribution in [1.29, 1.82) is 0 Å². The van der Waals surface area contributed by atoms with Crippen molar-refractivity contribution in [3.8, 4) is 0 Å². The summed E-state index contributed by atoms with van der Waals surface area (Å²) in [6.07, 6.45) is 3.73. The van der Waals surface area contributed by atoms with Crippen molar-refractivity contribution in [2.75, 3.05) is 18.0 Å². The summed E-state index contributed by atoms with van der Waals surface area (Å²) < 4.78 is 0.716. The highest BCUT2D eigenvalue weighted by molar-refractivity contribution is 14.1. The van der Waals surface area contributed by atoms with Crippen LogP contribution < -0.4 is 4.90 Å². The molecule has 1 aliphatic rings. The van der Waals surface area contributed by atoms with Crippen LogP contribution in [0, 0.1) is 19.6 Å². The van der Waals surface area contributed by atoms with Crippen molar-refractivity contribution in [1.82, 2.24) is 0 Å². The molecule has 2 rings (SSSR count). The summed E-state index contributed by atoms with van der Waals surface area (Å²) in [6, 6.07) is 5.42. The van der Waals surface area contributed by atoms with Crippen LogP contribution in [0.5, 0.6) is 0 Å². The largest absolute Gasteiger partial charge is 0.371 e. The Labute approximate surface area is 121 Å². The van der Waals surface area contributed by atoms with Crippen molar-refractivity contribution in [3.63, 3.8) is 0 Å². The van der Waals surface area contributed by atoms with Crippen LogP contribution in [0.4, 0.5) is 11.4 Å². The Kier molecular flexibility index (Phi) is 4.42. The molecular weight excluding hydrogens is 343 g/mol. The first-order valence-electron chi connectivity index (χ1n) is 6.30. The van der Waals surface area contributed by atoms with Crippen molar-refractivity contribution in [2.45, 2.75) is 26.2 Å². The number of halogens is 1. The van der Waals surface area contributed by atoms with Crippen LogP contribution in [0.15, 0.2) is 18.2 Å². The lowest BCUT2D eigenvalue weighted by molar-refractivity contribution is -0.385. The van der Waals surface area contributed by atoms with Gasteiger partial charge in [-0.05, 0) is 53.5 Å². The Morgan fingerprint density at radius 2 is 2.33 bits per heavy atom. The van der Waals surface area contributed by atoms with Gasteiger partial charge in [-0.25, -0.2) is 0 Å². The number of nitro benzene ring substituents is 1. The van der Waals surface area contributed by atoms with E-state index in [-0.39, 0.29) is 10.6 Å². The second-order valence-corrected chi connectivity index (χ2v) is 5.92. The molecule has 1 unspecified atom stereocenters. The van der Waals surface area contributed by atoms with E-state index in [1.54, 1.807) is 6.07 Å². The maximum absolute atomic E-state index is 10.8. The fourth-order valence-electron chi connectivity index (χ4n) is 2.47. The van der Waals surface area contributed by atoms with Crippen molar-refractivity contribution >= 4 is 34.0 Å². The first kappa shape index (κ1) is 13.6. The Morgan fingerprint density at radius 3 is 2.94 bits per heavy atom. The molecule has 0 bridgehead atoms. The molecule has 1 aliphatic heterocycles. The van der Waals surface area contributed by atoms with Gasteiger partial charge in [0.1, 0.15) is 0 Å². The summed E-state index contributed by atoms with van der Waals surface area (Å²) in [7, 11) is 0. The molecule has 18 heavy (non-hydrogen) atoms. The maximum atomic E-state index is 10.8. The molecule has 98 valence electrons. The molecule has 0 aromatic heterocycles. The normalized spacial score (nSPS) is 19.9. The minimum atomic E-state index is -0.323. The second kappa shape index (κ2) is 5.86. The van der Waals surface area contributed by atoms with Crippen molar-refractivity contribution in [3.05, 3.63) is 31.9 Å². The fraction of sp³-hybridized carbons (Fsp3) is 0.538. The van der Waals surface area contributed by atoms with Gasteiger partial charge in [-0.2, -0.15) is 0 Å².